The van der Waals surface area contributed by atoms with Gasteiger partial charge in [-0.25, -0.2) is 4.79 Å². The summed E-state index contributed by atoms with van der Waals surface area (Å²) in [4.78, 5) is 14.5. The zero-order valence-corrected chi connectivity index (χ0v) is 16.7. The number of hydrogen-bond acceptors (Lipinski definition) is 5. The first-order valence-corrected chi connectivity index (χ1v) is 9.64. The zero-order chi connectivity index (χ0) is 20.1. The Kier molecular flexibility index (Phi) is 4.14. The van der Waals surface area contributed by atoms with E-state index in [0.29, 0.717) is 35.0 Å². The van der Waals surface area contributed by atoms with Gasteiger partial charge in [0.2, 0.25) is 0 Å². The van der Waals surface area contributed by atoms with E-state index in [1.165, 1.54) is 0 Å². The molecule has 4 aromatic rings. The van der Waals surface area contributed by atoms with Crippen LogP contribution in [0.1, 0.15) is 11.1 Å². The smallest absolute Gasteiger partial charge is 0.344 e. The van der Waals surface area contributed by atoms with Gasteiger partial charge in [-0.2, -0.15) is 0 Å². The highest BCUT2D eigenvalue weighted by Gasteiger charge is 2.23. The summed E-state index contributed by atoms with van der Waals surface area (Å²) in [7, 11) is 1.59. The van der Waals surface area contributed by atoms with Crippen molar-refractivity contribution in [3.8, 4) is 11.5 Å². The number of ether oxygens (including phenoxy) is 2. The van der Waals surface area contributed by atoms with E-state index >= 15 is 0 Å². The van der Waals surface area contributed by atoms with Gasteiger partial charge in [-0.3, -0.25) is 0 Å². The summed E-state index contributed by atoms with van der Waals surface area (Å²) in [5.74, 6) is 1.41. The van der Waals surface area contributed by atoms with Crippen LogP contribution in [0.5, 0.6) is 11.5 Å². The third-order valence-electron chi connectivity index (χ3n) is 5.39. The molecule has 0 aliphatic carbocycles. The fourth-order valence-electron chi connectivity index (χ4n) is 3.96. The molecule has 0 atom stereocenters. The highest BCUT2D eigenvalue weighted by molar-refractivity contribution is 6.32. The Hall–Kier alpha value is -3.18. The quantitative estimate of drug-likeness (QED) is 0.334. The SMILES string of the molecule is COc1ccc(N2COc3c(cc4c(oc(=O)c5ccccc54)c3C)C2)cc1Cl. The van der Waals surface area contributed by atoms with Crippen LogP contribution in [0.15, 0.2) is 57.7 Å². The Bertz CT molecular complexity index is 1330. The average Bonchev–Trinajstić information content (AvgIpc) is 2.74. The summed E-state index contributed by atoms with van der Waals surface area (Å²) in [6.45, 7) is 2.96. The van der Waals surface area contributed by atoms with E-state index in [1.807, 2.05) is 43.3 Å². The number of anilines is 1. The summed E-state index contributed by atoms with van der Waals surface area (Å²) >= 11 is 6.30. The Balaban J connectivity index is 1.64. The highest BCUT2D eigenvalue weighted by atomic mass is 35.5. The molecule has 0 saturated carbocycles. The first kappa shape index (κ1) is 17.9. The lowest BCUT2D eigenvalue weighted by Crippen LogP contribution is -2.32. The Labute approximate surface area is 172 Å². The summed E-state index contributed by atoms with van der Waals surface area (Å²) in [6, 6.07) is 15.2. The van der Waals surface area contributed by atoms with Gasteiger partial charge in [0.25, 0.3) is 0 Å². The van der Waals surface area contributed by atoms with E-state index in [0.717, 1.165) is 33.3 Å². The van der Waals surface area contributed by atoms with Gasteiger partial charge in [0, 0.05) is 28.7 Å². The molecule has 5 rings (SSSR count). The fourth-order valence-corrected chi connectivity index (χ4v) is 4.21. The maximum absolute atomic E-state index is 12.4. The number of benzene rings is 3. The first-order chi connectivity index (χ1) is 14.1. The van der Waals surface area contributed by atoms with Crippen molar-refractivity contribution in [1.29, 1.82) is 0 Å². The second-order valence-corrected chi connectivity index (χ2v) is 7.50. The molecule has 0 spiro atoms. The number of fused-ring (bicyclic) bond motifs is 4. The van der Waals surface area contributed by atoms with Gasteiger partial charge >= 0.3 is 5.63 Å². The van der Waals surface area contributed by atoms with Gasteiger partial charge in [0.15, 0.2) is 6.73 Å². The molecule has 1 aliphatic rings. The normalized spacial score (nSPS) is 13.4. The lowest BCUT2D eigenvalue weighted by molar-refractivity contribution is 0.287. The maximum atomic E-state index is 12.4. The summed E-state index contributed by atoms with van der Waals surface area (Å²) < 4.78 is 17.0. The van der Waals surface area contributed by atoms with Crippen molar-refractivity contribution >= 4 is 39.0 Å². The third-order valence-corrected chi connectivity index (χ3v) is 5.69. The van der Waals surface area contributed by atoms with Crippen molar-refractivity contribution in [1.82, 2.24) is 0 Å². The minimum atomic E-state index is -0.332. The Morgan fingerprint density at radius 1 is 1.07 bits per heavy atom. The molecule has 29 heavy (non-hydrogen) atoms. The highest BCUT2D eigenvalue weighted by Crippen LogP contribution is 2.39. The molecule has 2 heterocycles. The van der Waals surface area contributed by atoms with Crippen LogP contribution in [0, 0.1) is 6.92 Å². The van der Waals surface area contributed by atoms with Crippen LogP contribution in [0.3, 0.4) is 0 Å². The molecule has 5 nitrogen and oxygen atoms in total. The van der Waals surface area contributed by atoms with Crippen molar-refractivity contribution < 1.29 is 13.9 Å². The molecule has 1 aromatic heterocycles. The summed E-state index contributed by atoms with van der Waals surface area (Å²) in [5, 5.41) is 2.93. The maximum Gasteiger partial charge on any atom is 0.344 e. The van der Waals surface area contributed by atoms with Gasteiger partial charge in [0.1, 0.15) is 17.1 Å². The zero-order valence-electron chi connectivity index (χ0n) is 16.0. The molecular formula is C23H18ClNO4. The van der Waals surface area contributed by atoms with E-state index in [1.54, 1.807) is 13.2 Å². The standard InChI is InChI=1S/C23H18ClNO4/c1-13-21-14(9-18-16-5-3-4-6-17(16)23(26)29-22(13)18)11-25(12-28-21)15-7-8-20(27-2)19(24)10-15/h3-10H,11-12H2,1-2H3. The topological polar surface area (TPSA) is 51.9 Å². The van der Waals surface area contributed by atoms with Crippen LogP contribution >= 0.6 is 11.6 Å². The monoisotopic (exact) mass is 407 g/mol. The van der Waals surface area contributed by atoms with E-state index in [4.69, 9.17) is 25.5 Å². The van der Waals surface area contributed by atoms with Crippen LogP contribution in [0.2, 0.25) is 5.02 Å². The van der Waals surface area contributed by atoms with E-state index < -0.39 is 0 Å². The van der Waals surface area contributed by atoms with Crippen LogP contribution in [-0.2, 0) is 6.54 Å². The molecule has 0 N–H and O–H groups in total. The van der Waals surface area contributed by atoms with Crippen molar-refractivity contribution in [3.05, 3.63) is 75.1 Å². The molecule has 1 aliphatic heterocycles. The van der Waals surface area contributed by atoms with E-state index in [-0.39, 0.29) is 5.63 Å². The number of rotatable bonds is 2. The number of methoxy groups -OCH3 is 1. The van der Waals surface area contributed by atoms with Crippen LogP contribution < -0.4 is 20.0 Å². The second-order valence-electron chi connectivity index (χ2n) is 7.09. The van der Waals surface area contributed by atoms with Gasteiger partial charge in [-0.15, -0.1) is 0 Å². The average molecular weight is 408 g/mol. The minimum absolute atomic E-state index is 0.332. The number of hydrogen-bond donors (Lipinski definition) is 0. The van der Waals surface area contributed by atoms with Gasteiger partial charge in [-0.1, -0.05) is 29.8 Å². The molecule has 0 fully saturated rings. The van der Waals surface area contributed by atoms with Crippen molar-refractivity contribution in [3.63, 3.8) is 0 Å². The summed E-state index contributed by atoms with van der Waals surface area (Å²) in [6.07, 6.45) is 0. The second kappa shape index (κ2) is 6.71. The number of halogens is 1. The fraction of sp³-hybridized carbons (Fsp3) is 0.174. The summed E-state index contributed by atoms with van der Waals surface area (Å²) in [5.41, 5.74) is 3.07. The predicted molar refractivity (Wildman–Crippen MR) is 114 cm³/mol. The van der Waals surface area contributed by atoms with Gasteiger partial charge in [-0.05, 0) is 42.6 Å². The molecule has 0 bridgehead atoms. The Morgan fingerprint density at radius 3 is 2.62 bits per heavy atom. The van der Waals surface area contributed by atoms with Crippen LogP contribution in [-0.4, -0.2) is 13.8 Å². The first-order valence-electron chi connectivity index (χ1n) is 9.26. The molecule has 0 radical (unpaired) electrons. The van der Waals surface area contributed by atoms with Gasteiger partial charge < -0.3 is 18.8 Å². The van der Waals surface area contributed by atoms with Gasteiger partial charge in [0.05, 0.1) is 17.5 Å². The molecular weight excluding hydrogens is 390 g/mol. The molecule has 0 amide bonds. The number of nitrogens with zero attached hydrogens (tertiary/aromatic N) is 1. The van der Waals surface area contributed by atoms with Crippen molar-refractivity contribution in [2.75, 3.05) is 18.7 Å². The molecule has 0 unspecified atom stereocenters. The van der Waals surface area contributed by atoms with Crippen LogP contribution in [0.25, 0.3) is 21.7 Å². The minimum Gasteiger partial charge on any atom is -0.495 e. The predicted octanol–water partition coefficient (Wildman–Crippen LogP) is 5.27. The van der Waals surface area contributed by atoms with Crippen molar-refractivity contribution in [2.45, 2.75) is 13.5 Å². The molecule has 0 saturated heterocycles. The molecule has 3 aromatic carbocycles. The molecule has 6 heteroatoms. The molecule has 146 valence electrons. The van der Waals surface area contributed by atoms with E-state index in [2.05, 4.69) is 11.0 Å². The van der Waals surface area contributed by atoms with E-state index in [9.17, 15) is 4.79 Å². The third kappa shape index (κ3) is 2.81. The lowest BCUT2D eigenvalue weighted by Gasteiger charge is -2.32. The lowest BCUT2D eigenvalue weighted by atomic mass is 10.00. The van der Waals surface area contributed by atoms with Crippen molar-refractivity contribution in [2.24, 2.45) is 0 Å². The largest absolute Gasteiger partial charge is 0.495 e. The van der Waals surface area contributed by atoms with Crippen LogP contribution in [0.4, 0.5) is 5.69 Å². The Morgan fingerprint density at radius 2 is 1.86 bits per heavy atom. The number of aryl methyl sites for hydroxylation is 1.